The lowest BCUT2D eigenvalue weighted by atomic mass is 9.78. The summed E-state index contributed by atoms with van der Waals surface area (Å²) in [5, 5.41) is 16.0. The predicted molar refractivity (Wildman–Crippen MR) is 122 cm³/mol. The number of benzene rings is 1. The maximum Gasteiger partial charge on any atom is 0.307 e. The van der Waals surface area contributed by atoms with E-state index >= 15 is 0 Å². The van der Waals surface area contributed by atoms with Gasteiger partial charge in [-0.05, 0) is 56.2 Å². The summed E-state index contributed by atoms with van der Waals surface area (Å²) in [6, 6.07) is 9.28. The third-order valence-electron chi connectivity index (χ3n) is 6.34. The Kier molecular flexibility index (Phi) is 6.70. The van der Waals surface area contributed by atoms with E-state index < -0.39 is 17.8 Å². The van der Waals surface area contributed by atoms with E-state index in [4.69, 9.17) is 0 Å². The lowest BCUT2D eigenvalue weighted by molar-refractivity contribution is -0.147. The zero-order chi connectivity index (χ0) is 21.8. The zero-order valence-corrected chi connectivity index (χ0v) is 18.3. The topological polar surface area (TPSA) is 95.5 Å². The van der Waals surface area contributed by atoms with E-state index in [0.29, 0.717) is 29.1 Å². The van der Waals surface area contributed by atoms with Crippen molar-refractivity contribution < 1.29 is 19.5 Å². The second-order valence-corrected chi connectivity index (χ2v) is 9.52. The number of hydrogen-bond acceptors (Lipinski definition) is 4. The molecule has 2 aliphatic carbocycles. The summed E-state index contributed by atoms with van der Waals surface area (Å²) in [4.78, 5) is 39.2. The molecule has 164 valence electrons. The number of para-hydroxylation sites is 1. The average molecular weight is 441 g/mol. The van der Waals surface area contributed by atoms with Gasteiger partial charge in [0.05, 0.1) is 17.4 Å². The minimum atomic E-state index is -0.913. The summed E-state index contributed by atoms with van der Waals surface area (Å²) in [5.74, 6) is -2.63. The average Bonchev–Trinajstić information content (AvgIpc) is 2.94. The van der Waals surface area contributed by atoms with Crippen LogP contribution in [0.15, 0.2) is 30.3 Å². The SMILES string of the molecule is O=C(Nc1ccccc1)c1c(NC(=O)[C@H]2CCCC[C@H]2C(=O)O)sc2c1CCCCC2. The minimum absolute atomic E-state index is 0.223. The Balaban J connectivity index is 1.63. The fraction of sp³-hybridized carbons (Fsp3) is 0.458. The lowest BCUT2D eigenvalue weighted by Gasteiger charge is -2.27. The number of carbonyl (C=O) groups excluding carboxylic acids is 2. The molecule has 0 unspecified atom stereocenters. The highest BCUT2D eigenvalue weighted by Gasteiger charge is 2.37. The number of carbonyl (C=O) groups is 3. The Bertz CT molecular complexity index is 969. The molecule has 1 saturated carbocycles. The van der Waals surface area contributed by atoms with E-state index in [9.17, 15) is 19.5 Å². The van der Waals surface area contributed by atoms with Crippen molar-refractivity contribution in [2.45, 2.75) is 57.8 Å². The largest absolute Gasteiger partial charge is 0.481 e. The van der Waals surface area contributed by atoms with Crippen molar-refractivity contribution in [2.24, 2.45) is 11.8 Å². The van der Waals surface area contributed by atoms with Gasteiger partial charge in [-0.15, -0.1) is 11.3 Å². The van der Waals surface area contributed by atoms with E-state index in [-0.39, 0.29) is 11.8 Å². The van der Waals surface area contributed by atoms with Gasteiger partial charge in [0.2, 0.25) is 5.91 Å². The van der Waals surface area contributed by atoms with Crippen LogP contribution in [0.25, 0.3) is 0 Å². The van der Waals surface area contributed by atoms with Crippen LogP contribution >= 0.6 is 11.3 Å². The number of rotatable bonds is 5. The molecule has 2 amide bonds. The second-order valence-electron chi connectivity index (χ2n) is 8.41. The number of nitrogens with one attached hydrogen (secondary N) is 2. The molecule has 1 heterocycles. The number of carboxylic acids is 1. The lowest BCUT2D eigenvalue weighted by Crippen LogP contribution is -2.36. The fourth-order valence-corrected chi connectivity index (χ4v) is 6.02. The number of thiophene rings is 1. The van der Waals surface area contributed by atoms with Gasteiger partial charge in [0.15, 0.2) is 0 Å². The smallest absolute Gasteiger partial charge is 0.307 e. The van der Waals surface area contributed by atoms with Gasteiger partial charge in [-0.2, -0.15) is 0 Å². The molecule has 2 aliphatic rings. The van der Waals surface area contributed by atoms with Crippen LogP contribution in [0.5, 0.6) is 0 Å². The molecule has 0 saturated heterocycles. The number of aryl methyl sites for hydroxylation is 1. The van der Waals surface area contributed by atoms with Crippen molar-refractivity contribution >= 4 is 39.8 Å². The number of fused-ring (bicyclic) bond motifs is 1. The number of hydrogen-bond donors (Lipinski definition) is 3. The molecule has 1 aromatic heterocycles. The van der Waals surface area contributed by atoms with E-state index in [0.717, 1.165) is 55.4 Å². The molecule has 1 fully saturated rings. The summed E-state index contributed by atoms with van der Waals surface area (Å²) in [6.45, 7) is 0. The first kappa shape index (κ1) is 21.6. The molecule has 0 radical (unpaired) electrons. The van der Waals surface area contributed by atoms with E-state index in [2.05, 4.69) is 10.6 Å². The van der Waals surface area contributed by atoms with Crippen LogP contribution in [0.1, 0.15) is 65.7 Å². The molecular weight excluding hydrogens is 412 g/mol. The first-order valence-electron chi connectivity index (χ1n) is 11.1. The van der Waals surface area contributed by atoms with Gasteiger partial charge in [-0.25, -0.2) is 0 Å². The number of carboxylic acid groups (broad SMARTS) is 1. The van der Waals surface area contributed by atoms with Gasteiger partial charge in [0.25, 0.3) is 5.91 Å². The fourth-order valence-electron chi connectivity index (χ4n) is 4.73. The van der Waals surface area contributed by atoms with Crippen molar-refractivity contribution in [3.8, 4) is 0 Å². The van der Waals surface area contributed by atoms with Crippen LogP contribution in [0.3, 0.4) is 0 Å². The third kappa shape index (κ3) is 4.82. The van der Waals surface area contributed by atoms with Crippen molar-refractivity contribution in [1.29, 1.82) is 0 Å². The third-order valence-corrected chi connectivity index (χ3v) is 7.54. The van der Waals surface area contributed by atoms with Crippen molar-refractivity contribution in [1.82, 2.24) is 0 Å². The van der Waals surface area contributed by atoms with E-state index in [1.54, 1.807) is 0 Å². The number of aliphatic carboxylic acids is 1. The highest BCUT2D eigenvalue weighted by atomic mass is 32.1. The van der Waals surface area contributed by atoms with E-state index in [1.165, 1.54) is 11.3 Å². The van der Waals surface area contributed by atoms with Gasteiger partial charge in [-0.1, -0.05) is 37.5 Å². The Labute approximate surface area is 186 Å². The van der Waals surface area contributed by atoms with Crippen LogP contribution in [0.2, 0.25) is 0 Å². The molecule has 4 rings (SSSR count). The van der Waals surface area contributed by atoms with Gasteiger partial charge in [0.1, 0.15) is 5.00 Å². The van der Waals surface area contributed by atoms with Crippen molar-refractivity contribution in [3.63, 3.8) is 0 Å². The summed E-state index contributed by atoms with van der Waals surface area (Å²) in [6.07, 6.45) is 7.73. The normalized spacial score (nSPS) is 20.9. The molecule has 31 heavy (non-hydrogen) atoms. The van der Waals surface area contributed by atoms with Crippen LogP contribution in [0, 0.1) is 11.8 Å². The molecule has 1 aromatic carbocycles. The number of amides is 2. The van der Waals surface area contributed by atoms with Crippen molar-refractivity contribution in [3.05, 3.63) is 46.3 Å². The molecule has 7 heteroatoms. The molecular formula is C24H28N2O4S. The van der Waals surface area contributed by atoms with Crippen LogP contribution < -0.4 is 10.6 Å². The van der Waals surface area contributed by atoms with E-state index in [1.807, 2.05) is 30.3 Å². The zero-order valence-electron chi connectivity index (χ0n) is 17.5. The summed E-state index contributed by atoms with van der Waals surface area (Å²) in [5.41, 5.74) is 2.28. The summed E-state index contributed by atoms with van der Waals surface area (Å²) >= 11 is 1.48. The molecule has 0 spiro atoms. The first-order chi connectivity index (χ1) is 15.0. The Morgan fingerprint density at radius 1 is 0.871 bits per heavy atom. The van der Waals surface area contributed by atoms with Crippen molar-refractivity contribution in [2.75, 3.05) is 10.6 Å². The Morgan fingerprint density at radius 2 is 1.58 bits per heavy atom. The molecule has 0 bridgehead atoms. The Morgan fingerprint density at radius 3 is 2.32 bits per heavy atom. The maximum absolute atomic E-state index is 13.3. The van der Waals surface area contributed by atoms with Crippen LogP contribution in [-0.2, 0) is 22.4 Å². The molecule has 2 aromatic rings. The molecule has 3 N–H and O–H groups in total. The van der Waals surface area contributed by atoms with Gasteiger partial charge in [0, 0.05) is 10.6 Å². The minimum Gasteiger partial charge on any atom is -0.481 e. The number of anilines is 2. The first-order valence-corrected chi connectivity index (χ1v) is 11.9. The van der Waals surface area contributed by atoms with Crippen LogP contribution in [0.4, 0.5) is 10.7 Å². The highest BCUT2D eigenvalue weighted by molar-refractivity contribution is 7.17. The summed E-state index contributed by atoms with van der Waals surface area (Å²) < 4.78 is 0. The summed E-state index contributed by atoms with van der Waals surface area (Å²) in [7, 11) is 0. The van der Waals surface area contributed by atoms with Gasteiger partial charge < -0.3 is 15.7 Å². The molecule has 2 atom stereocenters. The standard InChI is InChI=1S/C24H28N2O4S/c27-21(16-11-7-8-12-17(16)24(29)30)26-23-20(18-13-5-2-6-14-19(18)31-23)22(28)25-15-9-3-1-4-10-15/h1,3-4,9-10,16-17H,2,5-8,11-14H2,(H,25,28)(H,26,27)(H,29,30)/t16-,17+/m0/s1. The second kappa shape index (κ2) is 9.64. The molecule has 6 nitrogen and oxygen atoms in total. The Hall–Kier alpha value is -2.67. The van der Waals surface area contributed by atoms with Crippen LogP contribution in [-0.4, -0.2) is 22.9 Å². The maximum atomic E-state index is 13.3. The molecule has 0 aliphatic heterocycles. The quantitative estimate of drug-likeness (QED) is 0.564. The predicted octanol–water partition coefficient (Wildman–Crippen LogP) is 5.10. The van der Waals surface area contributed by atoms with Gasteiger partial charge >= 0.3 is 5.97 Å². The highest BCUT2D eigenvalue weighted by Crippen LogP contribution is 2.39. The monoisotopic (exact) mass is 440 g/mol. The van der Waals surface area contributed by atoms with Gasteiger partial charge in [-0.3, -0.25) is 14.4 Å².